The summed E-state index contributed by atoms with van der Waals surface area (Å²) >= 11 is 0. The highest BCUT2D eigenvalue weighted by molar-refractivity contribution is 5.92. The smallest absolute Gasteiger partial charge is 0.190 e. The molecule has 0 bridgehead atoms. The third-order valence-electron chi connectivity index (χ3n) is 9.64. The summed E-state index contributed by atoms with van der Waals surface area (Å²) in [5.41, 5.74) is -0.706. The Morgan fingerprint density at radius 1 is 1.18 bits per heavy atom. The van der Waals surface area contributed by atoms with Crippen molar-refractivity contribution in [3.05, 3.63) is 11.6 Å². The quantitative estimate of drug-likeness (QED) is 0.559. The highest BCUT2D eigenvalue weighted by Gasteiger charge is 2.69. The highest BCUT2D eigenvalue weighted by Crippen LogP contribution is 2.68. The van der Waals surface area contributed by atoms with Gasteiger partial charge in [0.2, 0.25) is 0 Å². The minimum Gasteiger partial charge on any atom is -0.393 e. The number of rotatable bonds is 7. The normalized spacial score (nSPS) is 43.5. The minimum absolute atomic E-state index is 0.0818. The van der Waals surface area contributed by atoms with Gasteiger partial charge in [-0.3, -0.25) is 9.59 Å². The standard InChI is InChI=1S/C27H42O6/c1-16(2)15-32-17(3)33-27(23(31)14-28)11-9-21-20-7-6-18-12-19(29)8-10-25(18,4)24(20)22(30)13-26(21,27)5/h12,16-17,20-22,24,28,30H,6-11,13-15H2,1-5H3/t17?,20-,21-,22?,24+,25-,26-,27-/m0/s1. The van der Waals surface area contributed by atoms with Crippen LogP contribution in [0.1, 0.15) is 79.6 Å². The number of carbonyl (C=O) groups excluding carboxylic acids is 2. The summed E-state index contributed by atoms with van der Waals surface area (Å²) < 4.78 is 12.3. The summed E-state index contributed by atoms with van der Waals surface area (Å²) in [6.07, 6.45) is 5.63. The lowest BCUT2D eigenvalue weighted by Crippen LogP contribution is -2.63. The van der Waals surface area contributed by atoms with Crippen molar-refractivity contribution in [3.63, 3.8) is 0 Å². The van der Waals surface area contributed by atoms with Gasteiger partial charge < -0.3 is 19.7 Å². The van der Waals surface area contributed by atoms with Gasteiger partial charge in [-0.25, -0.2) is 0 Å². The van der Waals surface area contributed by atoms with Crippen LogP contribution >= 0.6 is 0 Å². The van der Waals surface area contributed by atoms with Gasteiger partial charge in [0.15, 0.2) is 17.9 Å². The van der Waals surface area contributed by atoms with E-state index in [1.54, 1.807) is 0 Å². The molecule has 0 spiro atoms. The molecule has 3 saturated carbocycles. The van der Waals surface area contributed by atoms with Crippen molar-refractivity contribution in [2.45, 2.75) is 97.6 Å². The van der Waals surface area contributed by atoms with Crippen LogP contribution in [0.4, 0.5) is 0 Å². The van der Waals surface area contributed by atoms with Gasteiger partial charge in [-0.2, -0.15) is 0 Å². The second-order valence-corrected chi connectivity index (χ2v) is 11.9. The van der Waals surface area contributed by atoms with Crippen molar-refractivity contribution in [2.75, 3.05) is 13.2 Å². The summed E-state index contributed by atoms with van der Waals surface area (Å²) in [5, 5.41) is 21.6. The zero-order chi connectivity index (χ0) is 24.2. The first-order valence-corrected chi connectivity index (χ1v) is 12.8. The third kappa shape index (κ3) is 3.85. The van der Waals surface area contributed by atoms with E-state index in [2.05, 4.69) is 27.7 Å². The monoisotopic (exact) mass is 462 g/mol. The molecule has 6 heteroatoms. The van der Waals surface area contributed by atoms with Gasteiger partial charge in [0.1, 0.15) is 12.2 Å². The first kappa shape index (κ1) is 25.0. The van der Waals surface area contributed by atoms with E-state index in [4.69, 9.17) is 9.47 Å². The van der Waals surface area contributed by atoms with E-state index in [9.17, 15) is 19.8 Å². The maximum atomic E-state index is 13.3. The van der Waals surface area contributed by atoms with Gasteiger partial charge >= 0.3 is 0 Å². The van der Waals surface area contributed by atoms with E-state index in [1.807, 2.05) is 13.0 Å². The van der Waals surface area contributed by atoms with Crippen molar-refractivity contribution in [2.24, 2.45) is 34.5 Å². The molecule has 6 nitrogen and oxygen atoms in total. The predicted octanol–water partition coefficient (Wildman–Crippen LogP) is 3.82. The summed E-state index contributed by atoms with van der Waals surface area (Å²) in [4.78, 5) is 25.4. The lowest BCUT2D eigenvalue weighted by Gasteiger charge is -2.61. The second kappa shape index (κ2) is 8.85. The number of ketones is 2. The second-order valence-electron chi connectivity index (χ2n) is 11.9. The van der Waals surface area contributed by atoms with Gasteiger partial charge in [-0.1, -0.05) is 33.3 Å². The molecular formula is C27H42O6. The average Bonchev–Trinajstić information content (AvgIpc) is 3.04. The summed E-state index contributed by atoms with van der Waals surface area (Å²) in [7, 11) is 0. The topological polar surface area (TPSA) is 93.1 Å². The first-order valence-electron chi connectivity index (χ1n) is 12.8. The largest absolute Gasteiger partial charge is 0.393 e. The lowest BCUT2D eigenvalue weighted by molar-refractivity contribution is -0.250. The van der Waals surface area contributed by atoms with Crippen LogP contribution in [0.2, 0.25) is 0 Å². The zero-order valence-corrected chi connectivity index (χ0v) is 20.9. The molecule has 33 heavy (non-hydrogen) atoms. The van der Waals surface area contributed by atoms with Gasteiger partial charge in [-0.15, -0.1) is 0 Å². The van der Waals surface area contributed by atoms with Crippen molar-refractivity contribution in [3.8, 4) is 0 Å². The molecule has 0 radical (unpaired) electrons. The molecule has 0 aromatic heterocycles. The fourth-order valence-electron chi connectivity index (χ4n) is 8.17. The Balaban J connectivity index is 1.67. The molecule has 186 valence electrons. The zero-order valence-electron chi connectivity index (χ0n) is 20.9. The lowest BCUT2D eigenvalue weighted by atomic mass is 9.45. The maximum absolute atomic E-state index is 13.3. The molecule has 3 fully saturated rings. The Labute approximate surface area is 198 Å². The fraction of sp³-hybridized carbons (Fsp3) is 0.852. The van der Waals surface area contributed by atoms with E-state index >= 15 is 0 Å². The number of allylic oxidation sites excluding steroid dienone is 1. The average molecular weight is 463 g/mol. The van der Waals surface area contributed by atoms with Crippen LogP contribution in [0.5, 0.6) is 0 Å². The number of aliphatic hydroxyl groups excluding tert-OH is 2. The van der Waals surface area contributed by atoms with Crippen LogP contribution < -0.4 is 0 Å². The SMILES string of the molecule is CC(C)COC(C)O[C@]1(C(=O)CO)CC[C@H]2[C@@H]3CCC4=CC(=O)CC[C@]4(C)[C@H]3C(O)C[C@@]21C. The number of fused-ring (bicyclic) bond motifs is 5. The number of hydrogen-bond donors (Lipinski definition) is 2. The minimum atomic E-state index is -1.16. The number of hydrogen-bond acceptors (Lipinski definition) is 6. The van der Waals surface area contributed by atoms with Gasteiger partial charge in [-0.05, 0) is 80.6 Å². The van der Waals surface area contributed by atoms with Crippen LogP contribution in [0.15, 0.2) is 11.6 Å². The van der Waals surface area contributed by atoms with Crippen molar-refractivity contribution >= 4 is 11.6 Å². The van der Waals surface area contributed by atoms with E-state index < -0.39 is 30.0 Å². The molecule has 2 unspecified atom stereocenters. The van der Waals surface area contributed by atoms with Gasteiger partial charge in [0.05, 0.1) is 12.7 Å². The molecule has 8 atom stereocenters. The van der Waals surface area contributed by atoms with E-state index in [0.717, 1.165) is 25.7 Å². The summed E-state index contributed by atoms with van der Waals surface area (Å²) in [6, 6.07) is 0. The van der Waals surface area contributed by atoms with Crippen LogP contribution in [0.3, 0.4) is 0 Å². The predicted molar refractivity (Wildman–Crippen MR) is 124 cm³/mol. The number of aliphatic hydroxyl groups is 2. The van der Waals surface area contributed by atoms with Gasteiger partial charge in [0.25, 0.3) is 0 Å². The molecule has 4 aliphatic rings. The maximum Gasteiger partial charge on any atom is 0.190 e. The van der Waals surface area contributed by atoms with Crippen LogP contribution in [0.25, 0.3) is 0 Å². The van der Waals surface area contributed by atoms with Crippen molar-refractivity contribution in [1.82, 2.24) is 0 Å². The fourth-order valence-corrected chi connectivity index (χ4v) is 8.17. The molecule has 0 aliphatic heterocycles. The molecule has 0 amide bonds. The molecule has 0 aromatic carbocycles. The molecular weight excluding hydrogens is 420 g/mol. The van der Waals surface area contributed by atoms with Gasteiger partial charge in [0, 0.05) is 11.8 Å². The Bertz CT molecular complexity index is 819. The van der Waals surface area contributed by atoms with Crippen molar-refractivity contribution < 1.29 is 29.3 Å². The number of ether oxygens (including phenoxy) is 2. The summed E-state index contributed by atoms with van der Waals surface area (Å²) in [6.45, 7) is 10.2. The molecule has 4 aliphatic carbocycles. The van der Waals surface area contributed by atoms with Crippen LogP contribution in [-0.4, -0.2) is 53.0 Å². The third-order valence-corrected chi connectivity index (χ3v) is 9.64. The van der Waals surface area contributed by atoms with E-state index in [-0.39, 0.29) is 34.7 Å². The number of carbonyl (C=O) groups is 2. The Hall–Kier alpha value is -1.08. The first-order chi connectivity index (χ1) is 15.5. The van der Waals surface area contributed by atoms with Crippen LogP contribution in [-0.2, 0) is 19.1 Å². The van der Waals surface area contributed by atoms with Crippen LogP contribution in [0, 0.1) is 34.5 Å². The molecule has 4 rings (SSSR count). The Morgan fingerprint density at radius 3 is 2.58 bits per heavy atom. The molecule has 0 heterocycles. The Kier molecular flexibility index (Phi) is 6.71. The Morgan fingerprint density at radius 2 is 1.91 bits per heavy atom. The van der Waals surface area contributed by atoms with E-state index in [0.29, 0.717) is 31.8 Å². The van der Waals surface area contributed by atoms with E-state index in [1.165, 1.54) is 5.57 Å². The molecule has 0 saturated heterocycles. The summed E-state index contributed by atoms with van der Waals surface area (Å²) in [5.74, 6) is 0.806. The highest BCUT2D eigenvalue weighted by atomic mass is 16.7. The number of Topliss-reactive ketones (excluding diaryl/α,β-unsaturated/α-hetero) is 1. The molecule has 0 aromatic rings. The molecule has 2 N–H and O–H groups in total. The van der Waals surface area contributed by atoms with Crippen molar-refractivity contribution in [1.29, 1.82) is 0 Å².